The normalized spacial score (nSPS) is 23.8. The molecule has 1 heterocycles. The van der Waals surface area contributed by atoms with Gasteiger partial charge < -0.3 is 19.6 Å². The number of ether oxygens (including phenoxy) is 1. The van der Waals surface area contributed by atoms with Gasteiger partial charge in [0.2, 0.25) is 0 Å². The van der Waals surface area contributed by atoms with Crippen LogP contribution in [-0.2, 0) is 6.42 Å². The molecule has 0 aliphatic carbocycles. The van der Waals surface area contributed by atoms with E-state index in [2.05, 4.69) is 26.1 Å². The summed E-state index contributed by atoms with van der Waals surface area (Å²) >= 11 is 0. The van der Waals surface area contributed by atoms with Gasteiger partial charge in [-0.15, -0.1) is 0 Å². The summed E-state index contributed by atoms with van der Waals surface area (Å²) in [5.41, 5.74) is 1.34. The van der Waals surface area contributed by atoms with E-state index >= 15 is 0 Å². The van der Waals surface area contributed by atoms with Gasteiger partial charge in [0.1, 0.15) is 51.2 Å². The fourth-order valence-corrected chi connectivity index (χ4v) is 2.86. The van der Waals surface area contributed by atoms with Crippen LogP contribution in [0.3, 0.4) is 0 Å². The largest absolute Gasteiger partial charge is 0.491 e. The van der Waals surface area contributed by atoms with Crippen LogP contribution >= 0.6 is 0 Å². The number of nitrogens with one attached hydrogen (secondary N) is 2. The lowest BCUT2D eigenvalue weighted by Crippen LogP contribution is -3.27. The van der Waals surface area contributed by atoms with Gasteiger partial charge in [-0.25, -0.2) is 0 Å². The highest BCUT2D eigenvalue weighted by Gasteiger charge is 2.22. The second-order valence-corrected chi connectivity index (χ2v) is 6.27. The number of aryl methyl sites for hydroxylation is 1. The first-order valence-electron chi connectivity index (χ1n) is 8.22. The molecule has 0 spiro atoms. The minimum atomic E-state index is -0.381. The fraction of sp³-hybridized carbons (Fsp3) is 0.647. The van der Waals surface area contributed by atoms with E-state index in [0.717, 1.165) is 38.2 Å². The number of aliphatic hydroxyl groups excluding tert-OH is 1. The van der Waals surface area contributed by atoms with Gasteiger partial charge in [-0.2, -0.15) is 0 Å². The van der Waals surface area contributed by atoms with Crippen molar-refractivity contribution in [1.29, 1.82) is 0 Å². The Morgan fingerprint density at radius 2 is 1.81 bits per heavy atom. The van der Waals surface area contributed by atoms with Crippen molar-refractivity contribution in [3.8, 4) is 5.75 Å². The van der Waals surface area contributed by atoms with Crippen molar-refractivity contribution in [2.45, 2.75) is 25.9 Å². The standard InChI is InChI=1S/C17H28N2O2/c1-3-4-15-5-7-17(8-6-15)21-14-16(20)13-19-11-9-18(2)10-12-19/h5-8,16,20H,3-4,9-14H2,1-2H3/p+2/t16-/m0/s1. The third kappa shape index (κ3) is 5.65. The highest BCUT2D eigenvalue weighted by atomic mass is 16.5. The zero-order valence-corrected chi connectivity index (χ0v) is 13.4. The maximum absolute atomic E-state index is 10.1. The van der Waals surface area contributed by atoms with Crippen molar-refractivity contribution in [3.63, 3.8) is 0 Å². The molecule has 0 aromatic heterocycles. The third-order valence-corrected chi connectivity index (χ3v) is 4.24. The Hall–Kier alpha value is -1.10. The number of rotatable bonds is 7. The van der Waals surface area contributed by atoms with E-state index in [1.807, 2.05) is 12.1 Å². The Kier molecular flexibility index (Phi) is 6.49. The molecule has 4 nitrogen and oxygen atoms in total. The number of likely N-dealkylation sites (N-methyl/N-ethyl adjacent to an activating group) is 1. The van der Waals surface area contributed by atoms with Crippen molar-refractivity contribution in [3.05, 3.63) is 29.8 Å². The van der Waals surface area contributed by atoms with Gasteiger partial charge in [0.25, 0.3) is 0 Å². The summed E-state index contributed by atoms with van der Waals surface area (Å²) in [7, 11) is 2.23. The van der Waals surface area contributed by atoms with Crippen molar-refractivity contribution in [2.24, 2.45) is 0 Å². The number of aliphatic hydroxyl groups is 1. The van der Waals surface area contributed by atoms with E-state index in [1.54, 1.807) is 4.90 Å². The minimum absolute atomic E-state index is 0.381. The Morgan fingerprint density at radius 3 is 2.43 bits per heavy atom. The maximum atomic E-state index is 10.1. The average Bonchev–Trinajstić information content (AvgIpc) is 2.49. The molecule has 4 heteroatoms. The lowest BCUT2D eigenvalue weighted by atomic mass is 10.1. The van der Waals surface area contributed by atoms with Crippen molar-refractivity contribution in [2.75, 3.05) is 46.4 Å². The third-order valence-electron chi connectivity index (χ3n) is 4.24. The lowest BCUT2D eigenvalue weighted by molar-refractivity contribution is -1.00. The first kappa shape index (κ1) is 16.3. The molecule has 1 aromatic carbocycles. The molecule has 1 saturated heterocycles. The Morgan fingerprint density at radius 1 is 1.14 bits per heavy atom. The van der Waals surface area contributed by atoms with Crippen LogP contribution in [0.25, 0.3) is 0 Å². The zero-order valence-electron chi connectivity index (χ0n) is 13.4. The number of piperazine rings is 1. The highest BCUT2D eigenvalue weighted by Crippen LogP contribution is 2.13. The van der Waals surface area contributed by atoms with Crippen molar-refractivity contribution < 1.29 is 19.6 Å². The second-order valence-electron chi connectivity index (χ2n) is 6.27. The van der Waals surface area contributed by atoms with Crippen LogP contribution in [0.5, 0.6) is 5.75 Å². The molecule has 1 fully saturated rings. The average molecular weight is 294 g/mol. The summed E-state index contributed by atoms with van der Waals surface area (Å²) < 4.78 is 5.70. The summed E-state index contributed by atoms with van der Waals surface area (Å²) in [6, 6.07) is 8.23. The SMILES string of the molecule is CCCc1ccc(OC[C@@H](O)C[NH+]2CC[NH+](C)CC2)cc1. The molecule has 118 valence electrons. The van der Waals surface area contributed by atoms with Gasteiger partial charge in [0.15, 0.2) is 0 Å². The van der Waals surface area contributed by atoms with Gasteiger partial charge in [0, 0.05) is 0 Å². The fourth-order valence-electron chi connectivity index (χ4n) is 2.86. The van der Waals surface area contributed by atoms with E-state index < -0.39 is 0 Å². The van der Waals surface area contributed by atoms with Crippen LogP contribution in [0.15, 0.2) is 24.3 Å². The highest BCUT2D eigenvalue weighted by molar-refractivity contribution is 5.27. The first-order valence-corrected chi connectivity index (χ1v) is 8.22. The van der Waals surface area contributed by atoms with Crippen molar-refractivity contribution >= 4 is 0 Å². The van der Waals surface area contributed by atoms with Gasteiger partial charge in [-0.3, -0.25) is 0 Å². The van der Waals surface area contributed by atoms with Crippen molar-refractivity contribution in [1.82, 2.24) is 0 Å². The van der Waals surface area contributed by atoms with E-state index in [9.17, 15) is 5.11 Å². The molecular formula is C17H30N2O2+2. The number of benzene rings is 1. The molecule has 1 aliphatic rings. The maximum Gasteiger partial charge on any atom is 0.137 e. The molecule has 0 amide bonds. The van der Waals surface area contributed by atoms with Gasteiger partial charge in [-0.1, -0.05) is 25.5 Å². The lowest BCUT2D eigenvalue weighted by Gasteiger charge is -2.28. The van der Waals surface area contributed by atoms with Crippen LogP contribution in [0.2, 0.25) is 0 Å². The Balaban J connectivity index is 1.69. The van der Waals surface area contributed by atoms with E-state index in [4.69, 9.17) is 4.74 Å². The summed E-state index contributed by atoms with van der Waals surface area (Å²) in [6.45, 7) is 8.05. The smallest absolute Gasteiger partial charge is 0.137 e. The number of hydrogen-bond donors (Lipinski definition) is 3. The quantitative estimate of drug-likeness (QED) is 0.591. The molecule has 21 heavy (non-hydrogen) atoms. The molecule has 3 N–H and O–H groups in total. The topological polar surface area (TPSA) is 38.3 Å². The molecule has 0 radical (unpaired) electrons. The monoisotopic (exact) mass is 294 g/mol. The van der Waals surface area contributed by atoms with E-state index in [1.165, 1.54) is 23.6 Å². The summed E-state index contributed by atoms with van der Waals surface area (Å²) in [4.78, 5) is 3.09. The molecule has 1 aliphatic heterocycles. The van der Waals surface area contributed by atoms with Crippen LogP contribution < -0.4 is 14.5 Å². The summed E-state index contributed by atoms with van der Waals surface area (Å²) in [6.07, 6.45) is 1.89. The van der Waals surface area contributed by atoms with Gasteiger partial charge in [0.05, 0.1) is 7.05 Å². The Bertz CT molecular complexity index is 400. The van der Waals surface area contributed by atoms with Gasteiger partial charge >= 0.3 is 0 Å². The molecule has 2 rings (SSSR count). The summed E-state index contributed by atoms with van der Waals surface area (Å²) in [5, 5.41) is 10.1. The molecular weight excluding hydrogens is 264 g/mol. The van der Waals surface area contributed by atoms with Crippen LogP contribution in [0.4, 0.5) is 0 Å². The summed E-state index contributed by atoms with van der Waals surface area (Å²) in [5.74, 6) is 0.853. The van der Waals surface area contributed by atoms with E-state index in [-0.39, 0.29) is 6.10 Å². The van der Waals surface area contributed by atoms with Gasteiger partial charge in [-0.05, 0) is 24.1 Å². The second kappa shape index (κ2) is 8.37. The molecule has 1 atom stereocenters. The van der Waals surface area contributed by atoms with Crippen LogP contribution in [0, 0.1) is 0 Å². The predicted molar refractivity (Wildman–Crippen MR) is 84.1 cm³/mol. The molecule has 1 aromatic rings. The zero-order chi connectivity index (χ0) is 15.1. The molecule has 0 unspecified atom stereocenters. The Labute approximate surface area is 128 Å². The van der Waals surface area contributed by atoms with Crippen LogP contribution in [-0.4, -0.2) is 57.6 Å². The minimum Gasteiger partial charge on any atom is -0.491 e. The molecule has 0 saturated carbocycles. The van der Waals surface area contributed by atoms with E-state index in [0.29, 0.717) is 6.61 Å². The van der Waals surface area contributed by atoms with Crippen LogP contribution in [0.1, 0.15) is 18.9 Å². The number of quaternary nitrogens is 2. The molecule has 0 bridgehead atoms. The predicted octanol–water partition coefficient (Wildman–Crippen LogP) is -1.21. The first-order chi connectivity index (χ1) is 10.2. The number of hydrogen-bond acceptors (Lipinski definition) is 2.